The molecule has 0 radical (unpaired) electrons. The van der Waals surface area contributed by atoms with Gasteiger partial charge in [-0.05, 0) is 54.2 Å². The fourth-order valence-corrected chi connectivity index (χ4v) is 3.38. The largest absolute Gasteiger partial charge is 0.481 e. The lowest BCUT2D eigenvalue weighted by molar-refractivity contribution is -0.122. The summed E-state index contributed by atoms with van der Waals surface area (Å²) < 4.78 is 5.82. The van der Waals surface area contributed by atoms with Crippen molar-refractivity contribution >= 4 is 17.5 Å². The van der Waals surface area contributed by atoms with Crippen molar-refractivity contribution in [2.24, 2.45) is 0 Å². The van der Waals surface area contributed by atoms with Gasteiger partial charge in [0.2, 0.25) is 0 Å². The van der Waals surface area contributed by atoms with Crippen molar-refractivity contribution in [1.82, 2.24) is 5.32 Å². The Morgan fingerprint density at radius 2 is 1.52 bits per heavy atom. The van der Waals surface area contributed by atoms with Gasteiger partial charge in [-0.2, -0.15) is 0 Å². The summed E-state index contributed by atoms with van der Waals surface area (Å²) in [6, 6.07) is 24.7. The van der Waals surface area contributed by atoms with Crippen LogP contribution in [0.2, 0.25) is 0 Å². The Kier molecular flexibility index (Phi) is 7.88. The molecule has 0 aliphatic rings. The van der Waals surface area contributed by atoms with Gasteiger partial charge in [0.05, 0.1) is 11.3 Å². The van der Waals surface area contributed by atoms with E-state index in [2.05, 4.69) is 31.4 Å². The minimum atomic E-state index is -0.723. The van der Waals surface area contributed by atoms with E-state index in [1.165, 1.54) is 5.56 Å². The van der Waals surface area contributed by atoms with E-state index in [4.69, 9.17) is 4.74 Å². The molecule has 0 aromatic heterocycles. The molecule has 0 aliphatic carbocycles. The fourth-order valence-electron chi connectivity index (χ4n) is 3.38. The average molecular weight is 445 g/mol. The van der Waals surface area contributed by atoms with E-state index in [9.17, 15) is 9.59 Å². The first-order valence-corrected chi connectivity index (χ1v) is 11.2. The molecule has 3 rings (SSSR count). The maximum atomic E-state index is 12.7. The number of hydrogen-bond donors (Lipinski definition) is 2. The van der Waals surface area contributed by atoms with Crippen LogP contribution < -0.4 is 15.4 Å². The van der Waals surface area contributed by atoms with Crippen molar-refractivity contribution in [3.05, 3.63) is 95.6 Å². The van der Waals surface area contributed by atoms with Gasteiger partial charge < -0.3 is 15.4 Å². The van der Waals surface area contributed by atoms with E-state index in [0.717, 1.165) is 12.0 Å². The first kappa shape index (κ1) is 24.1. The van der Waals surface area contributed by atoms with Gasteiger partial charge in [0.15, 0.2) is 6.10 Å². The topological polar surface area (TPSA) is 67.4 Å². The molecular weight excluding hydrogens is 412 g/mol. The highest BCUT2D eigenvalue weighted by Crippen LogP contribution is 2.25. The molecule has 0 fully saturated rings. The Morgan fingerprint density at radius 1 is 0.879 bits per heavy atom. The summed E-state index contributed by atoms with van der Waals surface area (Å²) in [5, 5.41) is 5.76. The van der Waals surface area contributed by atoms with Gasteiger partial charge in [-0.1, -0.05) is 75.4 Å². The van der Waals surface area contributed by atoms with Crippen molar-refractivity contribution in [2.75, 3.05) is 11.9 Å². The lowest BCUT2D eigenvalue weighted by atomic mass is 9.87. The number of carbonyl (C=O) groups excluding carboxylic acids is 2. The van der Waals surface area contributed by atoms with Crippen LogP contribution >= 0.6 is 0 Å². The molecule has 33 heavy (non-hydrogen) atoms. The first-order chi connectivity index (χ1) is 15.7. The smallest absolute Gasteiger partial charge is 0.265 e. The Morgan fingerprint density at radius 3 is 2.18 bits per heavy atom. The Bertz CT molecular complexity index is 1070. The molecule has 2 amide bonds. The number of carbonyl (C=O) groups is 2. The zero-order valence-electron chi connectivity index (χ0n) is 19.7. The van der Waals surface area contributed by atoms with Crippen LogP contribution in [0.4, 0.5) is 5.69 Å². The number of rotatable bonds is 8. The highest BCUT2D eigenvalue weighted by Gasteiger charge is 2.19. The summed E-state index contributed by atoms with van der Waals surface area (Å²) in [6.45, 7) is 8.64. The van der Waals surface area contributed by atoms with Crippen LogP contribution in [-0.4, -0.2) is 24.5 Å². The number of nitrogens with one attached hydrogen (secondary N) is 2. The predicted octanol–water partition coefficient (Wildman–Crippen LogP) is 5.36. The number of anilines is 1. The minimum absolute atomic E-state index is 0.0485. The molecule has 0 aliphatic heterocycles. The number of amides is 2. The summed E-state index contributed by atoms with van der Waals surface area (Å²) in [6.07, 6.45) is 0.0136. The zero-order valence-corrected chi connectivity index (χ0v) is 19.7. The zero-order chi connectivity index (χ0) is 23.8. The second-order valence-corrected chi connectivity index (χ2v) is 9.06. The summed E-state index contributed by atoms with van der Waals surface area (Å²) in [4.78, 5) is 25.5. The van der Waals surface area contributed by atoms with Crippen LogP contribution in [0.15, 0.2) is 78.9 Å². The van der Waals surface area contributed by atoms with Crippen LogP contribution in [0, 0.1) is 0 Å². The maximum Gasteiger partial charge on any atom is 0.265 e. The van der Waals surface area contributed by atoms with Crippen molar-refractivity contribution in [1.29, 1.82) is 0 Å². The molecule has 0 unspecified atom stereocenters. The van der Waals surface area contributed by atoms with E-state index in [0.29, 0.717) is 23.5 Å². The molecular formula is C28H32N2O3. The highest BCUT2D eigenvalue weighted by atomic mass is 16.5. The van der Waals surface area contributed by atoms with Gasteiger partial charge in [-0.25, -0.2) is 0 Å². The molecule has 3 aromatic rings. The van der Waals surface area contributed by atoms with E-state index in [-0.39, 0.29) is 17.2 Å². The van der Waals surface area contributed by atoms with E-state index in [1.807, 2.05) is 54.6 Å². The Balaban J connectivity index is 1.58. The van der Waals surface area contributed by atoms with Gasteiger partial charge in [0, 0.05) is 6.54 Å². The van der Waals surface area contributed by atoms with Crippen molar-refractivity contribution < 1.29 is 14.3 Å². The van der Waals surface area contributed by atoms with Crippen LogP contribution in [0.3, 0.4) is 0 Å². The summed E-state index contributed by atoms with van der Waals surface area (Å²) >= 11 is 0. The van der Waals surface area contributed by atoms with Crippen molar-refractivity contribution in [3.8, 4) is 5.75 Å². The molecule has 5 heteroatoms. The number of hydrogen-bond acceptors (Lipinski definition) is 3. The standard InChI is InChI=1S/C28H32N2O3/c1-20(33-23-16-14-22(15-17-23)28(2,3)4)26(31)30-25-13-9-8-12-24(25)27(32)29-19-18-21-10-6-5-7-11-21/h5-17,20H,18-19H2,1-4H3,(H,29,32)(H,30,31)/t20-/m1/s1. The lowest BCUT2D eigenvalue weighted by Gasteiger charge is -2.20. The fraction of sp³-hybridized carbons (Fsp3) is 0.286. The summed E-state index contributed by atoms with van der Waals surface area (Å²) in [5.41, 5.74) is 3.27. The molecule has 0 saturated carbocycles. The molecule has 0 bridgehead atoms. The van der Waals surface area contributed by atoms with Gasteiger partial charge >= 0.3 is 0 Å². The normalized spacial score (nSPS) is 12.0. The van der Waals surface area contributed by atoms with Crippen LogP contribution in [0.25, 0.3) is 0 Å². The van der Waals surface area contributed by atoms with E-state index < -0.39 is 6.10 Å². The van der Waals surface area contributed by atoms with Crippen molar-refractivity contribution in [2.45, 2.75) is 45.6 Å². The van der Waals surface area contributed by atoms with Crippen molar-refractivity contribution in [3.63, 3.8) is 0 Å². The molecule has 0 heterocycles. The number of benzene rings is 3. The third-order valence-corrected chi connectivity index (χ3v) is 5.37. The van der Waals surface area contributed by atoms with E-state index >= 15 is 0 Å². The third kappa shape index (κ3) is 6.94. The summed E-state index contributed by atoms with van der Waals surface area (Å²) in [5.74, 6) is 0.0743. The Hall–Kier alpha value is -3.60. The van der Waals surface area contributed by atoms with Gasteiger partial charge in [-0.3, -0.25) is 9.59 Å². The third-order valence-electron chi connectivity index (χ3n) is 5.37. The van der Waals surface area contributed by atoms with Gasteiger partial charge in [-0.15, -0.1) is 0 Å². The first-order valence-electron chi connectivity index (χ1n) is 11.2. The van der Waals surface area contributed by atoms with Gasteiger partial charge in [0.1, 0.15) is 5.75 Å². The minimum Gasteiger partial charge on any atom is -0.481 e. The number of ether oxygens (including phenoxy) is 1. The Labute approximate surface area is 196 Å². The molecule has 3 aromatic carbocycles. The molecule has 5 nitrogen and oxygen atoms in total. The summed E-state index contributed by atoms with van der Waals surface area (Å²) in [7, 11) is 0. The second kappa shape index (κ2) is 10.8. The van der Waals surface area contributed by atoms with E-state index in [1.54, 1.807) is 31.2 Å². The average Bonchev–Trinajstić information content (AvgIpc) is 2.79. The van der Waals surface area contributed by atoms with Crippen LogP contribution in [0.1, 0.15) is 49.2 Å². The second-order valence-electron chi connectivity index (χ2n) is 9.06. The number of para-hydroxylation sites is 1. The predicted molar refractivity (Wildman–Crippen MR) is 133 cm³/mol. The molecule has 0 saturated heterocycles. The van der Waals surface area contributed by atoms with Crippen LogP contribution in [-0.2, 0) is 16.6 Å². The van der Waals surface area contributed by atoms with Gasteiger partial charge in [0.25, 0.3) is 11.8 Å². The quantitative estimate of drug-likeness (QED) is 0.491. The van der Waals surface area contributed by atoms with Crippen LogP contribution in [0.5, 0.6) is 5.75 Å². The monoisotopic (exact) mass is 444 g/mol. The highest BCUT2D eigenvalue weighted by molar-refractivity contribution is 6.04. The molecule has 2 N–H and O–H groups in total. The molecule has 172 valence electrons. The molecule has 1 atom stereocenters. The maximum absolute atomic E-state index is 12.7. The SMILES string of the molecule is C[C@@H](Oc1ccc(C(C)(C)C)cc1)C(=O)Nc1ccccc1C(=O)NCCc1ccccc1. The molecule has 0 spiro atoms. The lowest BCUT2D eigenvalue weighted by Crippen LogP contribution is -2.32.